The Hall–Kier alpha value is -1.06. The van der Waals surface area contributed by atoms with Gasteiger partial charge in [0.1, 0.15) is 0 Å². The Morgan fingerprint density at radius 1 is 1.38 bits per heavy atom. The maximum Gasteiger partial charge on any atom is 0.254 e. The fourth-order valence-electron chi connectivity index (χ4n) is 3.57. The normalized spacial score (nSPS) is 20.0. The third-order valence-electron chi connectivity index (χ3n) is 4.58. The summed E-state index contributed by atoms with van der Waals surface area (Å²) in [4.78, 5) is 15.1. The lowest BCUT2D eigenvalue weighted by Crippen LogP contribution is -2.42. The molecule has 4 heteroatoms. The zero-order valence-corrected chi connectivity index (χ0v) is 13.5. The number of nitrogens with zero attached hydrogens (tertiary/aromatic N) is 1. The second kappa shape index (κ2) is 7.28. The Bertz CT molecular complexity index is 498. The van der Waals surface area contributed by atoms with Gasteiger partial charge < -0.3 is 10.2 Å². The second-order valence-electron chi connectivity index (χ2n) is 5.94. The lowest BCUT2D eigenvalue weighted by Gasteiger charge is -2.29. The van der Waals surface area contributed by atoms with E-state index in [-0.39, 0.29) is 18.3 Å². The van der Waals surface area contributed by atoms with Gasteiger partial charge in [0.05, 0.1) is 0 Å². The van der Waals surface area contributed by atoms with Gasteiger partial charge >= 0.3 is 0 Å². The molecule has 3 rings (SSSR count). The van der Waals surface area contributed by atoms with Crippen LogP contribution in [0.15, 0.2) is 18.2 Å². The van der Waals surface area contributed by atoms with Crippen LogP contribution in [-0.4, -0.2) is 36.5 Å². The van der Waals surface area contributed by atoms with E-state index in [1.807, 2.05) is 6.07 Å². The Kier molecular flexibility index (Phi) is 5.65. The van der Waals surface area contributed by atoms with E-state index in [4.69, 9.17) is 0 Å². The molecule has 1 aliphatic heterocycles. The van der Waals surface area contributed by atoms with Gasteiger partial charge in [-0.05, 0) is 55.8 Å². The van der Waals surface area contributed by atoms with Crippen LogP contribution in [0.5, 0.6) is 0 Å². The predicted molar refractivity (Wildman–Crippen MR) is 88.3 cm³/mol. The molecule has 116 valence electrons. The van der Waals surface area contributed by atoms with Crippen molar-refractivity contribution in [2.75, 3.05) is 19.6 Å². The molecule has 21 heavy (non-hydrogen) atoms. The van der Waals surface area contributed by atoms with Gasteiger partial charge in [0.2, 0.25) is 0 Å². The first kappa shape index (κ1) is 16.3. The summed E-state index contributed by atoms with van der Waals surface area (Å²) in [5.74, 6) is 0.249. The summed E-state index contributed by atoms with van der Waals surface area (Å²) in [6.07, 6.45) is 5.51. The van der Waals surface area contributed by atoms with Gasteiger partial charge in [-0.2, -0.15) is 0 Å². The second-order valence-corrected chi connectivity index (χ2v) is 5.94. The van der Waals surface area contributed by atoms with Crippen molar-refractivity contribution < 1.29 is 4.79 Å². The number of carbonyl (C=O) groups is 1. The molecule has 1 N–H and O–H groups in total. The smallest absolute Gasteiger partial charge is 0.254 e. The summed E-state index contributed by atoms with van der Waals surface area (Å²) in [6, 6.07) is 6.63. The number of carbonyl (C=O) groups excluding carboxylic acids is 1. The summed E-state index contributed by atoms with van der Waals surface area (Å²) in [6.45, 7) is 5.00. The van der Waals surface area contributed by atoms with Crippen LogP contribution in [0.4, 0.5) is 0 Å². The van der Waals surface area contributed by atoms with Gasteiger partial charge in [0, 0.05) is 24.7 Å². The number of rotatable bonds is 4. The van der Waals surface area contributed by atoms with Crippen molar-refractivity contribution in [1.82, 2.24) is 10.2 Å². The number of nitrogens with one attached hydrogen (secondary N) is 1. The van der Waals surface area contributed by atoms with E-state index in [1.54, 1.807) is 0 Å². The lowest BCUT2D eigenvalue weighted by atomic mass is 10.0. The summed E-state index contributed by atoms with van der Waals surface area (Å²) in [7, 11) is 0. The third-order valence-corrected chi connectivity index (χ3v) is 4.58. The Morgan fingerprint density at radius 3 is 2.95 bits per heavy atom. The minimum atomic E-state index is 0. The van der Waals surface area contributed by atoms with Gasteiger partial charge in [0.15, 0.2) is 0 Å². The molecular formula is C17H25ClN2O. The summed E-state index contributed by atoms with van der Waals surface area (Å²) >= 11 is 0. The average Bonchev–Trinajstić information content (AvgIpc) is 3.14. The number of amides is 1. The SMILES string of the molecule is CCCN(C(=O)c1cccc2c1CCC2)C1CCNC1.Cl. The van der Waals surface area contributed by atoms with Crippen molar-refractivity contribution in [3.8, 4) is 0 Å². The molecule has 0 spiro atoms. The Morgan fingerprint density at radius 2 is 2.24 bits per heavy atom. The maximum atomic E-state index is 13.0. The van der Waals surface area contributed by atoms with Crippen molar-refractivity contribution in [3.63, 3.8) is 0 Å². The highest BCUT2D eigenvalue weighted by molar-refractivity contribution is 5.96. The number of hydrogen-bond donors (Lipinski definition) is 1. The van der Waals surface area contributed by atoms with Gasteiger partial charge in [-0.25, -0.2) is 0 Å². The van der Waals surface area contributed by atoms with Crippen LogP contribution < -0.4 is 5.32 Å². The van der Waals surface area contributed by atoms with Crippen LogP contribution in [-0.2, 0) is 12.8 Å². The topological polar surface area (TPSA) is 32.3 Å². The molecule has 1 aromatic rings. The standard InChI is InChI=1S/C17H24N2O.ClH/c1-2-11-19(14-9-10-18-12-14)17(20)16-8-4-6-13-5-3-7-15(13)16;/h4,6,8,14,18H,2-3,5,7,9-12H2,1H3;1H. The van der Waals surface area contributed by atoms with E-state index in [1.165, 1.54) is 17.5 Å². The lowest BCUT2D eigenvalue weighted by molar-refractivity contribution is 0.0691. The van der Waals surface area contributed by atoms with Crippen molar-refractivity contribution >= 4 is 18.3 Å². The molecule has 1 atom stereocenters. The summed E-state index contributed by atoms with van der Waals surface area (Å²) in [5, 5.41) is 3.38. The van der Waals surface area contributed by atoms with Crippen LogP contribution in [0.2, 0.25) is 0 Å². The van der Waals surface area contributed by atoms with Crippen LogP contribution in [0, 0.1) is 0 Å². The van der Waals surface area contributed by atoms with Crippen molar-refractivity contribution in [3.05, 3.63) is 34.9 Å². The summed E-state index contributed by atoms with van der Waals surface area (Å²) < 4.78 is 0. The minimum absolute atomic E-state index is 0. The molecule has 1 unspecified atom stereocenters. The number of hydrogen-bond acceptors (Lipinski definition) is 2. The first-order valence-corrected chi connectivity index (χ1v) is 7.93. The van der Waals surface area contributed by atoms with E-state index in [2.05, 4.69) is 29.3 Å². The molecule has 1 heterocycles. The average molecular weight is 309 g/mol. The number of halogens is 1. The third kappa shape index (κ3) is 3.24. The number of aryl methyl sites for hydroxylation is 1. The fraction of sp³-hybridized carbons (Fsp3) is 0.588. The zero-order chi connectivity index (χ0) is 13.9. The van der Waals surface area contributed by atoms with Crippen molar-refractivity contribution in [2.45, 2.75) is 45.1 Å². The fourth-order valence-corrected chi connectivity index (χ4v) is 3.57. The van der Waals surface area contributed by atoms with Crippen LogP contribution >= 0.6 is 12.4 Å². The molecule has 1 aromatic carbocycles. The monoisotopic (exact) mass is 308 g/mol. The first-order valence-electron chi connectivity index (χ1n) is 7.93. The molecule has 3 nitrogen and oxygen atoms in total. The van der Waals surface area contributed by atoms with E-state index in [0.717, 1.165) is 50.9 Å². The quantitative estimate of drug-likeness (QED) is 0.927. The van der Waals surface area contributed by atoms with Crippen LogP contribution in [0.3, 0.4) is 0 Å². The molecular weight excluding hydrogens is 284 g/mol. The molecule has 1 saturated heterocycles. The number of fused-ring (bicyclic) bond motifs is 1. The highest BCUT2D eigenvalue weighted by Gasteiger charge is 2.29. The highest BCUT2D eigenvalue weighted by atomic mass is 35.5. The van der Waals surface area contributed by atoms with E-state index >= 15 is 0 Å². The minimum Gasteiger partial charge on any atom is -0.334 e. The molecule has 1 aliphatic carbocycles. The Balaban J connectivity index is 0.00000161. The first-order chi connectivity index (χ1) is 9.81. The zero-order valence-electron chi connectivity index (χ0n) is 12.7. The molecule has 0 saturated carbocycles. The number of benzene rings is 1. The Labute approximate surface area is 133 Å². The highest BCUT2D eigenvalue weighted by Crippen LogP contribution is 2.27. The van der Waals surface area contributed by atoms with Crippen molar-refractivity contribution in [2.24, 2.45) is 0 Å². The van der Waals surface area contributed by atoms with Gasteiger partial charge in [-0.15, -0.1) is 12.4 Å². The van der Waals surface area contributed by atoms with Gasteiger partial charge in [0.25, 0.3) is 5.91 Å². The molecule has 1 fully saturated rings. The van der Waals surface area contributed by atoms with Crippen LogP contribution in [0.25, 0.3) is 0 Å². The molecule has 0 aromatic heterocycles. The molecule has 1 amide bonds. The van der Waals surface area contributed by atoms with E-state index < -0.39 is 0 Å². The van der Waals surface area contributed by atoms with Crippen molar-refractivity contribution in [1.29, 1.82) is 0 Å². The molecule has 2 aliphatic rings. The van der Waals surface area contributed by atoms with E-state index in [0.29, 0.717) is 6.04 Å². The predicted octanol–water partition coefficient (Wildman–Crippen LogP) is 2.81. The van der Waals surface area contributed by atoms with Gasteiger partial charge in [-0.3, -0.25) is 4.79 Å². The maximum absolute atomic E-state index is 13.0. The van der Waals surface area contributed by atoms with Crippen LogP contribution in [0.1, 0.15) is 47.7 Å². The van der Waals surface area contributed by atoms with Gasteiger partial charge in [-0.1, -0.05) is 19.1 Å². The van der Waals surface area contributed by atoms with E-state index in [9.17, 15) is 4.79 Å². The largest absolute Gasteiger partial charge is 0.334 e. The molecule has 0 radical (unpaired) electrons. The molecule has 0 bridgehead atoms. The summed E-state index contributed by atoms with van der Waals surface area (Å²) in [5.41, 5.74) is 3.65.